The third kappa shape index (κ3) is 1.04. The van der Waals surface area contributed by atoms with Crippen LogP contribution in [0.4, 0.5) is 0 Å². The molecular weight excluding hydrogens is 184 g/mol. The lowest BCUT2D eigenvalue weighted by atomic mass is 10.1. The van der Waals surface area contributed by atoms with Crippen molar-refractivity contribution in [2.45, 2.75) is 6.92 Å². The van der Waals surface area contributed by atoms with Crippen LogP contribution in [0.15, 0.2) is 22.8 Å². The lowest BCUT2D eigenvalue weighted by Gasteiger charge is -1.99. The normalized spacial score (nSPS) is 10.6. The fourth-order valence-corrected chi connectivity index (χ4v) is 1.38. The van der Waals surface area contributed by atoms with Gasteiger partial charge in [0.1, 0.15) is 5.56 Å². The highest BCUT2D eigenvalue weighted by atomic mass is 16.4. The van der Waals surface area contributed by atoms with Crippen LogP contribution in [0, 0.1) is 6.92 Å². The molecule has 0 aliphatic rings. The summed E-state index contributed by atoms with van der Waals surface area (Å²) in [6.07, 6.45) is 1.48. The summed E-state index contributed by atoms with van der Waals surface area (Å²) >= 11 is 0. The fourth-order valence-electron chi connectivity index (χ4n) is 1.38. The summed E-state index contributed by atoms with van der Waals surface area (Å²) < 4.78 is 5.06. The second-order valence-electron chi connectivity index (χ2n) is 3.06. The van der Waals surface area contributed by atoms with Crippen LogP contribution in [0.3, 0.4) is 0 Å². The van der Waals surface area contributed by atoms with Crippen molar-refractivity contribution in [3.05, 3.63) is 29.5 Å². The molecule has 0 aliphatic carbocycles. The third-order valence-electron chi connectivity index (χ3n) is 2.14. The van der Waals surface area contributed by atoms with Crippen LogP contribution >= 0.6 is 0 Å². The number of rotatable bonds is 1. The SMILES string of the molecule is Cc1coc2c(O)c(C(=O)O)ccc12. The predicted octanol–water partition coefficient (Wildman–Crippen LogP) is 2.15. The maximum absolute atomic E-state index is 10.7. The maximum Gasteiger partial charge on any atom is 0.339 e. The predicted molar refractivity (Wildman–Crippen MR) is 49.6 cm³/mol. The number of hydrogen-bond acceptors (Lipinski definition) is 3. The highest BCUT2D eigenvalue weighted by molar-refractivity contribution is 5.98. The van der Waals surface area contributed by atoms with E-state index in [-0.39, 0.29) is 16.9 Å². The lowest BCUT2D eigenvalue weighted by molar-refractivity contribution is 0.0694. The number of aryl methyl sites for hydroxylation is 1. The number of aromatic carboxylic acids is 1. The van der Waals surface area contributed by atoms with Gasteiger partial charge in [0, 0.05) is 5.39 Å². The molecule has 0 amide bonds. The summed E-state index contributed by atoms with van der Waals surface area (Å²) in [5.41, 5.74) is 0.946. The molecular formula is C10H8O4. The quantitative estimate of drug-likeness (QED) is 0.726. The van der Waals surface area contributed by atoms with Gasteiger partial charge in [-0.25, -0.2) is 4.79 Å². The third-order valence-corrected chi connectivity index (χ3v) is 2.14. The highest BCUT2D eigenvalue weighted by Gasteiger charge is 2.15. The van der Waals surface area contributed by atoms with E-state index < -0.39 is 5.97 Å². The van der Waals surface area contributed by atoms with Crippen molar-refractivity contribution in [1.82, 2.24) is 0 Å². The van der Waals surface area contributed by atoms with E-state index in [1.165, 1.54) is 12.3 Å². The Morgan fingerprint density at radius 1 is 1.43 bits per heavy atom. The molecule has 0 spiro atoms. The number of benzene rings is 1. The number of fused-ring (bicyclic) bond motifs is 1. The lowest BCUT2D eigenvalue weighted by Crippen LogP contribution is -1.96. The summed E-state index contributed by atoms with van der Waals surface area (Å²) in [6.45, 7) is 1.83. The molecule has 4 heteroatoms. The second kappa shape index (κ2) is 2.77. The van der Waals surface area contributed by atoms with Crippen molar-refractivity contribution >= 4 is 16.9 Å². The van der Waals surface area contributed by atoms with Crippen molar-refractivity contribution in [3.8, 4) is 5.75 Å². The molecule has 1 aromatic heterocycles. The van der Waals surface area contributed by atoms with E-state index in [0.29, 0.717) is 0 Å². The topological polar surface area (TPSA) is 70.7 Å². The molecule has 1 heterocycles. The smallest absolute Gasteiger partial charge is 0.339 e. The average Bonchev–Trinajstić information content (AvgIpc) is 2.49. The van der Waals surface area contributed by atoms with Crippen LogP contribution in [-0.2, 0) is 0 Å². The van der Waals surface area contributed by atoms with Crippen molar-refractivity contribution < 1.29 is 19.4 Å². The van der Waals surface area contributed by atoms with Crippen LogP contribution in [0.1, 0.15) is 15.9 Å². The number of carboxylic acid groups (broad SMARTS) is 1. The van der Waals surface area contributed by atoms with Gasteiger partial charge in [0.15, 0.2) is 11.3 Å². The number of hydrogen-bond donors (Lipinski definition) is 2. The van der Waals surface area contributed by atoms with Crippen LogP contribution in [0.2, 0.25) is 0 Å². The summed E-state index contributed by atoms with van der Waals surface area (Å²) in [4.78, 5) is 10.7. The Morgan fingerprint density at radius 3 is 2.79 bits per heavy atom. The molecule has 4 nitrogen and oxygen atoms in total. The molecule has 2 aromatic rings. The highest BCUT2D eigenvalue weighted by Crippen LogP contribution is 2.31. The van der Waals surface area contributed by atoms with Gasteiger partial charge in [-0.3, -0.25) is 0 Å². The molecule has 0 aliphatic heterocycles. The summed E-state index contributed by atoms with van der Waals surface area (Å²) in [6, 6.07) is 2.99. The van der Waals surface area contributed by atoms with Gasteiger partial charge in [0.05, 0.1) is 6.26 Å². The Hall–Kier alpha value is -1.97. The molecule has 0 fully saturated rings. The second-order valence-corrected chi connectivity index (χ2v) is 3.06. The van der Waals surface area contributed by atoms with Gasteiger partial charge in [0.2, 0.25) is 0 Å². The molecule has 0 atom stereocenters. The van der Waals surface area contributed by atoms with Crippen molar-refractivity contribution in [1.29, 1.82) is 0 Å². The Labute approximate surface area is 79.4 Å². The molecule has 0 unspecified atom stereocenters. The zero-order chi connectivity index (χ0) is 10.3. The standard InChI is InChI=1S/C10H8O4/c1-5-4-14-9-6(5)2-3-7(8(9)11)10(12)13/h2-4,11H,1H3,(H,12,13). The Kier molecular flexibility index (Phi) is 1.70. The van der Waals surface area contributed by atoms with Crippen molar-refractivity contribution in [3.63, 3.8) is 0 Å². The molecule has 0 saturated carbocycles. The van der Waals surface area contributed by atoms with Crippen LogP contribution in [0.5, 0.6) is 5.75 Å². The van der Waals surface area contributed by atoms with Crippen LogP contribution < -0.4 is 0 Å². The number of carboxylic acids is 1. The van der Waals surface area contributed by atoms with Gasteiger partial charge in [-0.2, -0.15) is 0 Å². The number of furan rings is 1. The van der Waals surface area contributed by atoms with E-state index in [4.69, 9.17) is 9.52 Å². The average molecular weight is 192 g/mol. The molecule has 0 bridgehead atoms. The minimum Gasteiger partial charge on any atom is -0.504 e. The zero-order valence-electron chi connectivity index (χ0n) is 7.44. The van der Waals surface area contributed by atoms with Gasteiger partial charge in [-0.05, 0) is 24.6 Å². The summed E-state index contributed by atoms with van der Waals surface area (Å²) in [5.74, 6) is -1.48. The van der Waals surface area contributed by atoms with Gasteiger partial charge in [0.25, 0.3) is 0 Å². The van der Waals surface area contributed by atoms with E-state index in [9.17, 15) is 9.90 Å². The van der Waals surface area contributed by atoms with E-state index in [1.807, 2.05) is 6.92 Å². The van der Waals surface area contributed by atoms with Gasteiger partial charge in [-0.15, -0.1) is 0 Å². The molecule has 0 radical (unpaired) electrons. The largest absolute Gasteiger partial charge is 0.504 e. The van der Waals surface area contributed by atoms with Gasteiger partial charge in [-0.1, -0.05) is 0 Å². The minimum atomic E-state index is -1.17. The first kappa shape index (κ1) is 8.62. The first-order chi connectivity index (χ1) is 6.61. The molecule has 1 aromatic carbocycles. The van der Waals surface area contributed by atoms with Crippen molar-refractivity contribution in [2.24, 2.45) is 0 Å². The van der Waals surface area contributed by atoms with Crippen LogP contribution in [0.25, 0.3) is 11.0 Å². The zero-order valence-corrected chi connectivity index (χ0v) is 7.44. The molecule has 72 valence electrons. The van der Waals surface area contributed by atoms with Crippen molar-refractivity contribution in [2.75, 3.05) is 0 Å². The van der Waals surface area contributed by atoms with E-state index in [0.717, 1.165) is 10.9 Å². The molecule has 0 saturated heterocycles. The Bertz CT molecular complexity index is 510. The van der Waals surface area contributed by atoms with E-state index in [1.54, 1.807) is 6.07 Å². The number of carbonyl (C=O) groups is 1. The van der Waals surface area contributed by atoms with Crippen LogP contribution in [-0.4, -0.2) is 16.2 Å². The maximum atomic E-state index is 10.7. The summed E-state index contributed by atoms with van der Waals surface area (Å²) in [5, 5.41) is 19.0. The monoisotopic (exact) mass is 192 g/mol. The number of aromatic hydroxyl groups is 1. The van der Waals surface area contributed by atoms with E-state index in [2.05, 4.69) is 0 Å². The first-order valence-corrected chi connectivity index (χ1v) is 4.04. The Morgan fingerprint density at radius 2 is 2.14 bits per heavy atom. The summed E-state index contributed by atoms with van der Waals surface area (Å²) in [7, 11) is 0. The number of phenols is 1. The first-order valence-electron chi connectivity index (χ1n) is 4.04. The molecule has 2 rings (SSSR count). The minimum absolute atomic E-state index is 0.146. The Balaban J connectivity index is 2.82. The van der Waals surface area contributed by atoms with E-state index >= 15 is 0 Å². The fraction of sp³-hybridized carbons (Fsp3) is 0.100. The van der Waals surface area contributed by atoms with Gasteiger partial charge >= 0.3 is 5.97 Å². The van der Waals surface area contributed by atoms with Gasteiger partial charge < -0.3 is 14.6 Å². The molecule has 2 N–H and O–H groups in total. The molecule has 14 heavy (non-hydrogen) atoms.